The maximum atomic E-state index is 9.97. The van der Waals surface area contributed by atoms with Crippen molar-refractivity contribution in [2.75, 3.05) is 26.4 Å². The van der Waals surface area contributed by atoms with E-state index in [9.17, 15) is 15.3 Å². The van der Waals surface area contributed by atoms with Crippen LogP contribution in [0.5, 0.6) is 11.5 Å². The van der Waals surface area contributed by atoms with Crippen molar-refractivity contribution in [1.29, 1.82) is 0 Å². The van der Waals surface area contributed by atoms with Crippen LogP contribution in [0.1, 0.15) is 44.5 Å². The molecule has 0 spiro atoms. The van der Waals surface area contributed by atoms with E-state index in [1.807, 2.05) is 43.3 Å². The average Bonchev–Trinajstić information content (AvgIpc) is 2.86. The number of para-hydroxylation sites is 2. The lowest BCUT2D eigenvalue weighted by Gasteiger charge is -2.20. The van der Waals surface area contributed by atoms with Gasteiger partial charge in [-0.3, -0.25) is 0 Å². The van der Waals surface area contributed by atoms with Crippen molar-refractivity contribution in [2.24, 2.45) is 0 Å². The van der Waals surface area contributed by atoms with Gasteiger partial charge in [-0.1, -0.05) is 48.5 Å². The monoisotopic (exact) mass is 494 g/mol. The molecule has 3 rings (SSSR count). The maximum absolute atomic E-state index is 9.97. The summed E-state index contributed by atoms with van der Waals surface area (Å²) in [5.74, 6) is 1.35. The third kappa shape index (κ3) is 7.08. The summed E-state index contributed by atoms with van der Waals surface area (Å²) < 4.78 is 12.0. The molecule has 6 heteroatoms. The molecule has 6 nitrogen and oxygen atoms in total. The molecule has 0 saturated heterocycles. The summed E-state index contributed by atoms with van der Waals surface area (Å²) in [6.07, 6.45) is -0.759. The molecule has 0 aliphatic heterocycles. The average molecular weight is 495 g/mol. The molecule has 0 fully saturated rings. The van der Waals surface area contributed by atoms with Crippen molar-refractivity contribution in [3.8, 4) is 11.5 Å². The van der Waals surface area contributed by atoms with E-state index >= 15 is 0 Å². The summed E-state index contributed by atoms with van der Waals surface area (Å²) >= 11 is 0. The Morgan fingerprint density at radius 1 is 0.639 bits per heavy atom. The minimum absolute atomic E-state index is 0.00737. The molecule has 0 aliphatic rings. The van der Waals surface area contributed by atoms with Crippen molar-refractivity contribution in [2.45, 2.75) is 52.7 Å². The zero-order valence-electron chi connectivity index (χ0n) is 21.6. The lowest BCUT2D eigenvalue weighted by atomic mass is 9.94. The van der Waals surface area contributed by atoms with Crippen LogP contribution in [0.4, 0.5) is 0 Å². The first-order chi connectivity index (χ1) is 17.2. The van der Waals surface area contributed by atoms with Crippen LogP contribution < -0.4 is 9.47 Å². The second-order valence-electron chi connectivity index (χ2n) is 9.47. The normalized spacial score (nSPS) is 12.9. The van der Waals surface area contributed by atoms with Crippen LogP contribution in [0.15, 0.2) is 48.5 Å². The van der Waals surface area contributed by atoms with Gasteiger partial charge in [-0.25, -0.2) is 0 Å². The van der Waals surface area contributed by atoms with Gasteiger partial charge in [-0.2, -0.15) is 0 Å². The SMILES string of the molecule is Cc1cc(Cc2cccc(Cc3cccc(C)c3OCC(O)CO)c2OCC(O)CO)cc(C)c1C. The predicted molar refractivity (Wildman–Crippen MR) is 141 cm³/mol. The molecule has 2 unspecified atom stereocenters. The second-order valence-corrected chi connectivity index (χ2v) is 9.47. The Kier molecular flexibility index (Phi) is 9.90. The smallest absolute Gasteiger partial charge is 0.126 e. The highest BCUT2D eigenvalue weighted by molar-refractivity contribution is 5.50. The fourth-order valence-corrected chi connectivity index (χ4v) is 4.28. The van der Waals surface area contributed by atoms with E-state index < -0.39 is 12.2 Å². The van der Waals surface area contributed by atoms with E-state index in [0.29, 0.717) is 24.3 Å². The molecule has 4 N–H and O–H groups in total. The number of hydrogen-bond donors (Lipinski definition) is 4. The van der Waals surface area contributed by atoms with Crippen LogP contribution in [-0.4, -0.2) is 59.1 Å². The Balaban J connectivity index is 1.98. The van der Waals surface area contributed by atoms with Gasteiger partial charge in [0.15, 0.2) is 0 Å². The number of hydrogen-bond acceptors (Lipinski definition) is 6. The molecule has 0 radical (unpaired) electrons. The molecule has 0 aliphatic carbocycles. The molecule has 194 valence electrons. The fraction of sp³-hybridized carbons (Fsp3) is 0.400. The molecular formula is C30H38O6. The van der Waals surface area contributed by atoms with Crippen molar-refractivity contribution in [1.82, 2.24) is 0 Å². The van der Waals surface area contributed by atoms with Crippen LogP contribution in [0.25, 0.3) is 0 Å². The summed E-state index contributed by atoms with van der Waals surface area (Å²) in [7, 11) is 0. The highest BCUT2D eigenvalue weighted by Gasteiger charge is 2.17. The first-order valence-corrected chi connectivity index (χ1v) is 12.3. The fourth-order valence-electron chi connectivity index (χ4n) is 4.28. The molecule has 0 aromatic heterocycles. The molecule has 0 bridgehead atoms. The number of aliphatic hydroxyl groups is 4. The highest BCUT2D eigenvalue weighted by atomic mass is 16.5. The van der Waals surface area contributed by atoms with Crippen molar-refractivity contribution >= 4 is 0 Å². The predicted octanol–water partition coefficient (Wildman–Crippen LogP) is 3.57. The van der Waals surface area contributed by atoms with Crippen LogP contribution in [0, 0.1) is 27.7 Å². The number of aryl methyl sites for hydroxylation is 3. The van der Waals surface area contributed by atoms with Gasteiger partial charge in [0.25, 0.3) is 0 Å². The van der Waals surface area contributed by atoms with Gasteiger partial charge in [0, 0.05) is 12.8 Å². The molecule has 2 atom stereocenters. The Bertz CT molecular complexity index is 1130. The summed E-state index contributed by atoms with van der Waals surface area (Å²) in [6, 6.07) is 16.3. The molecule has 36 heavy (non-hydrogen) atoms. The van der Waals surface area contributed by atoms with Crippen LogP contribution in [0.3, 0.4) is 0 Å². The minimum Gasteiger partial charge on any atom is -0.490 e. The van der Waals surface area contributed by atoms with Gasteiger partial charge in [0.2, 0.25) is 0 Å². The summed E-state index contributed by atoms with van der Waals surface area (Å²) in [6.45, 7) is 7.52. The van der Waals surface area contributed by atoms with Crippen molar-refractivity contribution < 1.29 is 29.9 Å². The van der Waals surface area contributed by atoms with E-state index in [-0.39, 0.29) is 26.4 Å². The van der Waals surface area contributed by atoms with E-state index in [1.54, 1.807) is 0 Å². The summed E-state index contributed by atoms with van der Waals surface area (Å²) in [5, 5.41) is 38.2. The van der Waals surface area contributed by atoms with Gasteiger partial charge < -0.3 is 29.9 Å². The molecule has 3 aromatic rings. The van der Waals surface area contributed by atoms with Gasteiger partial charge in [0.05, 0.1) is 13.2 Å². The van der Waals surface area contributed by atoms with E-state index in [2.05, 4.69) is 32.9 Å². The second kappa shape index (κ2) is 12.9. The molecule has 0 heterocycles. The number of ether oxygens (including phenoxy) is 2. The van der Waals surface area contributed by atoms with Gasteiger partial charge in [-0.15, -0.1) is 0 Å². The number of benzene rings is 3. The maximum Gasteiger partial charge on any atom is 0.126 e. The van der Waals surface area contributed by atoms with E-state index in [1.165, 1.54) is 22.3 Å². The number of aliphatic hydroxyl groups excluding tert-OH is 4. The van der Waals surface area contributed by atoms with E-state index in [4.69, 9.17) is 14.6 Å². The zero-order chi connectivity index (χ0) is 26.2. The van der Waals surface area contributed by atoms with Crippen molar-refractivity contribution in [3.05, 3.63) is 93.0 Å². The highest BCUT2D eigenvalue weighted by Crippen LogP contribution is 2.33. The first-order valence-electron chi connectivity index (χ1n) is 12.3. The molecule has 0 amide bonds. The quantitative estimate of drug-likeness (QED) is 0.307. The Morgan fingerprint density at radius 3 is 1.67 bits per heavy atom. The molecule has 3 aromatic carbocycles. The molecular weight excluding hydrogens is 456 g/mol. The van der Waals surface area contributed by atoms with E-state index in [0.717, 1.165) is 22.3 Å². The third-order valence-corrected chi connectivity index (χ3v) is 6.50. The Labute approximate surface area is 213 Å². The topological polar surface area (TPSA) is 99.4 Å². The lowest BCUT2D eigenvalue weighted by Crippen LogP contribution is -2.22. The lowest BCUT2D eigenvalue weighted by molar-refractivity contribution is 0.0527. The van der Waals surface area contributed by atoms with Crippen LogP contribution in [-0.2, 0) is 12.8 Å². The molecule has 0 saturated carbocycles. The summed E-state index contributed by atoms with van der Waals surface area (Å²) in [5.41, 5.74) is 8.72. The largest absolute Gasteiger partial charge is 0.490 e. The standard InChI is InChI=1S/C30H38O6/c1-19-7-5-8-25(29(19)35-17-27(33)15-31)14-26-10-6-9-24(30(26)36-18-28(34)16-32)13-23-11-20(2)22(4)21(3)12-23/h5-12,27-28,31-34H,13-18H2,1-4H3. The van der Waals surface area contributed by atoms with Crippen LogP contribution >= 0.6 is 0 Å². The minimum atomic E-state index is -0.979. The van der Waals surface area contributed by atoms with Crippen LogP contribution in [0.2, 0.25) is 0 Å². The van der Waals surface area contributed by atoms with Gasteiger partial charge in [0.1, 0.15) is 36.9 Å². The zero-order valence-corrected chi connectivity index (χ0v) is 21.6. The Morgan fingerprint density at radius 2 is 1.11 bits per heavy atom. The van der Waals surface area contributed by atoms with Crippen molar-refractivity contribution in [3.63, 3.8) is 0 Å². The van der Waals surface area contributed by atoms with Gasteiger partial charge >= 0.3 is 0 Å². The van der Waals surface area contributed by atoms with Gasteiger partial charge in [-0.05, 0) is 72.2 Å². The first kappa shape index (κ1) is 27.7. The summed E-state index contributed by atoms with van der Waals surface area (Å²) in [4.78, 5) is 0. The Hall–Kier alpha value is -2.90. The number of rotatable bonds is 12. The third-order valence-electron chi connectivity index (χ3n) is 6.50.